The zero-order valence-electron chi connectivity index (χ0n) is 17.9. The summed E-state index contributed by atoms with van der Waals surface area (Å²) in [6.45, 7) is 14.4. The number of rotatable bonds is 9. The summed E-state index contributed by atoms with van der Waals surface area (Å²) < 4.78 is 0. The van der Waals surface area contributed by atoms with E-state index in [1.165, 1.54) is 11.1 Å². The number of hydrogen-bond donors (Lipinski definition) is 2. The molecule has 0 heterocycles. The number of hydrogen-bond acceptors (Lipinski definition) is 2. The van der Waals surface area contributed by atoms with Crippen LogP contribution < -0.4 is 0 Å². The third kappa shape index (κ3) is 6.55. The minimum Gasteiger partial charge on any atom is -0.507 e. The second-order valence-electron chi connectivity index (χ2n) is 8.14. The van der Waals surface area contributed by atoms with Crippen molar-refractivity contribution in [2.24, 2.45) is 5.92 Å². The molecule has 0 aromatic heterocycles. The lowest BCUT2D eigenvalue weighted by Gasteiger charge is -2.17. The van der Waals surface area contributed by atoms with Crippen LogP contribution in [0.2, 0.25) is 0 Å². The molecule has 1 atom stereocenters. The van der Waals surface area contributed by atoms with Crippen molar-refractivity contribution in [3.05, 3.63) is 45.6 Å². The molecular formula is C24H38O2. The monoisotopic (exact) mass is 358 g/mol. The lowest BCUT2D eigenvalue weighted by Crippen LogP contribution is -2.01. The minimum absolute atomic E-state index is 0.331. The fourth-order valence-electron chi connectivity index (χ4n) is 3.33. The summed E-state index contributed by atoms with van der Waals surface area (Å²) in [6, 6.07) is 0. The van der Waals surface area contributed by atoms with Gasteiger partial charge in [-0.25, -0.2) is 0 Å². The van der Waals surface area contributed by atoms with E-state index in [-0.39, 0.29) is 0 Å². The maximum Gasteiger partial charge on any atom is 0.122 e. The Morgan fingerprint density at radius 3 is 2.08 bits per heavy atom. The summed E-state index contributed by atoms with van der Waals surface area (Å²) in [5.41, 5.74) is 6.18. The van der Waals surface area contributed by atoms with Crippen molar-refractivity contribution in [1.29, 1.82) is 0 Å². The van der Waals surface area contributed by atoms with E-state index in [1.54, 1.807) is 0 Å². The van der Waals surface area contributed by atoms with Gasteiger partial charge in [0.1, 0.15) is 11.5 Å². The molecule has 1 unspecified atom stereocenters. The van der Waals surface area contributed by atoms with Gasteiger partial charge in [0.25, 0.3) is 0 Å². The van der Waals surface area contributed by atoms with Gasteiger partial charge in [-0.15, -0.1) is 0 Å². The summed E-state index contributed by atoms with van der Waals surface area (Å²) >= 11 is 0. The van der Waals surface area contributed by atoms with Crippen LogP contribution in [0.1, 0.15) is 82.1 Å². The number of aromatic hydroxyl groups is 2. The molecule has 2 nitrogen and oxygen atoms in total. The molecule has 2 heteroatoms. The molecule has 0 saturated heterocycles. The van der Waals surface area contributed by atoms with E-state index in [1.807, 2.05) is 20.8 Å². The molecule has 0 amide bonds. The Morgan fingerprint density at radius 2 is 1.46 bits per heavy atom. The van der Waals surface area contributed by atoms with Crippen LogP contribution in [0.15, 0.2) is 23.3 Å². The molecule has 0 aliphatic rings. The van der Waals surface area contributed by atoms with Crippen LogP contribution in [-0.2, 0) is 6.42 Å². The lowest BCUT2D eigenvalue weighted by atomic mass is 9.91. The minimum atomic E-state index is 0.331. The number of phenols is 2. The Bertz CT molecular complexity index is 632. The van der Waals surface area contributed by atoms with Gasteiger partial charge in [-0.1, -0.05) is 30.2 Å². The SMILES string of the molecule is CC(C)=CCC/C(C)=C/CCC(C)CCc1c(C)c(O)c(C)c(C)c1O. The van der Waals surface area contributed by atoms with Gasteiger partial charge >= 0.3 is 0 Å². The predicted molar refractivity (Wildman–Crippen MR) is 113 cm³/mol. The Morgan fingerprint density at radius 1 is 0.846 bits per heavy atom. The summed E-state index contributed by atoms with van der Waals surface area (Å²) in [4.78, 5) is 0. The smallest absolute Gasteiger partial charge is 0.122 e. The first kappa shape index (κ1) is 22.3. The fraction of sp³-hybridized carbons (Fsp3) is 0.583. The van der Waals surface area contributed by atoms with E-state index >= 15 is 0 Å². The second kappa shape index (κ2) is 10.4. The van der Waals surface area contributed by atoms with E-state index in [9.17, 15) is 10.2 Å². The third-order valence-corrected chi connectivity index (χ3v) is 5.50. The Kier molecular flexibility index (Phi) is 8.98. The second-order valence-corrected chi connectivity index (χ2v) is 8.14. The van der Waals surface area contributed by atoms with Gasteiger partial charge < -0.3 is 10.2 Å². The van der Waals surface area contributed by atoms with Gasteiger partial charge in [0.05, 0.1) is 0 Å². The molecule has 0 aliphatic heterocycles. The molecule has 2 N–H and O–H groups in total. The van der Waals surface area contributed by atoms with Gasteiger partial charge in [0, 0.05) is 5.56 Å². The predicted octanol–water partition coefficient (Wildman–Crippen LogP) is 7.06. The zero-order valence-corrected chi connectivity index (χ0v) is 17.9. The van der Waals surface area contributed by atoms with Crippen LogP contribution in [0.25, 0.3) is 0 Å². The molecule has 26 heavy (non-hydrogen) atoms. The number of phenolic OH excluding ortho intramolecular Hbond substituents is 2. The third-order valence-electron chi connectivity index (χ3n) is 5.50. The fourth-order valence-corrected chi connectivity index (χ4v) is 3.33. The first-order valence-corrected chi connectivity index (χ1v) is 9.94. The van der Waals surface area contributed by atoms with E-state index in [2.05, 4.69) is 39.8 Å². The van der Waals surface area contributed by atoms with Crippen molar-refractivity contribution in [2.75, 3.05) is 0 Å². The lowest BCUT2D eigenvalue weighted by molar-refractivity contribution is 0.435. The quantitative estimate of drug-likeness (QED) is 0.366. The van der Waals surface area contributed by atoms with Crippen molar-refractivity contribution in [2.45, 2.75) is 87.0 Å². The molecule has 1 aromatic rings. The highest BCUT2D eigenvalue weighted by molar-refractivity contribution is 5.56. The summed E-state index contributed by atoms with van der Waals surface area (Å²) in [5, 5.41) is 20.7. The van der Waals surface area contributed by atoms with Crippen molar-refractivity contribution in [3.8, 4) is 11.5 Å². The van der Waals surface area contributed by atoms with Crippen molar-refractivity contribution >= 4 is 0 Å². The van der Waals surface area contributed by atoms with Gasteiger partial charge in [0.15, 0.2) is 0 Å². The molecule has 1 aromatic carbocycles. The molecule has 146 valence electrons. The van der Waals surface area contributed by atoms with Crippen LogP contribution in [0.4, 0.5) is 0 Å². The van der Waals surface area contributed by atoms with Gasteiger partial charge in [0.2, 0.25) is 0 Å². The molecule has 1 rings (SSSR count). The van der Waals surface area contributed by atoms with Crippen LogP contribution in [0, 0.1) is 26.7 Å². The van der Waals surface area contributed by atoms with Crippen molar-refractivity contribution in [3.63, 3.8) is 0 Å². The maximum atomic E-state index is 10.4. The van der Waals surface area contributed by atoms with Gasteiger partial charge in [-0.05, 0) is 103 Å². The van der Waals surface area contributed by atoms with Crippen LogP contribution in [0.3, 0.4) is 0 Å². The summed E-state index contributed by atoms with van der Waals surface area (Å²) in [5.74, 6) is 1.29. The maximum absolute atomic E-state index is 10.4. The summed E-state index contributed by atoms with van der Waals surface area (Å²) in [7, 11) is 0. The van der Waals surface area contributed by atoms with E-state index < -0.39 is 0 Å². The highest BCUT2D eigenvalue weighted by Crippen LogP contribution is 2.37. The van der Waals surface area contributed by atoms with Crippen LogP contribution in [0.5, 0.6) is 11.5 Å². The molecular weight excluding hydrogens is 320 g/mol. The normalized spacial score (nSPS) is 13.0. The van der Waals surface area contributed by atoms with Crippen LogP contribution >= 0.6 is 0 Å². The molecule has 0 aliphatic carbocycles. The Balaban J connectivity index is 2.53. The average molecular weight is 359 g/mol. The van der Waals surface area contributed by atoms with E-state index in [0.29, 0.717) is 17.4 Å². The van der Waals surface area contributed by atoms with Gasteiger partial charge in [-0.2, -0.15) is 0 Å². The largest absolute Gasteiger partial charge is 0.507 e. The standard InChI is InChI=1S/C24H38O2/c1-16(2)10-8-11-17(3)12-9-13-18(4)14-15-22-21(7)23(25)19(5)20(6)24(22)26/h10,12,18,25-26H,8-9,11,13-15H2,1-7H3/b17-12+. The highest BCUT2D eigenvalue weighted by Gasteiger charge is 2.16. The van der Waals surface area contributed by atoms with E-state index in [4.69, 9.17) is 0 Å². The highest BCUT2D eigenvalue weighted by atomic mass is 16.3. The molecule has 0 bridgehead atoms. The van der Waals surface area contributed by atoms with Crippen molar-refractivity contribution in [1.82, 2.24) is 0 Å². The molecule has 0 saturated carbocycles. The first-order valence-electron chi connectivity index (χ1n) is 9.94. The van der Waals surface area contributed by atoms with Crippen LogP contribution in [-0.4, -0.2) is 10.2 Å². The molecule has 0 radical (unpaired) electrons. The Labute approximate surface area is 160 Å². The van der Waals surface area contributed by atoms with E-state index in [0.717, 1.165) is 60.8 Å². The molecule has 0 fully saturated rings. The Hall–Kier alpha value is -1.70. The zero-order chi connectivity index (χ0) is 19.9. The van der Waals surface area contributed by atoms with Gasteiger partial charge in [-0.3, -0.25) is 0 Å². The topological polar surface area (TPSA) is 40.5 Å². The first-order chi connectivity index (χ1) is 12.1. The average Bonchev–Trinajstić information content (AvgIpc) is 2.58. The van der Waals surface area contributed by atoms with Crippen molar-refractivity contribution < 1.29 is 10.2 Å². The molecule has 0 spiro atoms. The number of benzene rings is 1. The summed E-state index contributed by atoms with van der Waals surface area (Å²) in [6.07, 6.45) is 11.1. The number of allylic oxidation sites excluding steroid dienone is 4.